The monoisotopic (exact) mass is 331 g/mol. The first kappa shape index (κ1) is 15.2. The normalized spacial score (nSPS) is 12.4. The van der Waals surface area contributed by atoms with Crippen LogP contribution in [0.2, 0.25) is 5.02 Å². The first-order valence-corrected chi connectivity index (χ1v) is 8.52. The minimum atomic E-state index is -3.77. The fourth-order valence-corrected chi connectivity index (χ4v) is 4.02. The Bertz CT molecular complexity index is 720. The summed E-state index contributed by atoms with van der Waals surface area (Å²) >= 11 is 7.12. The van der Waals surface area contributed by atoms with Crippen LogP contribution in [-0.2, 0) is 15.4 Å². The van der Waals surface area contributed by atoms with Crippen LogP contribution in [0, 0.1) is 0 Å². The molecule has 0 fully saturated rings. The zero-order valence-corrected chi connectivity index (χ0v) is 13.6. The molecule has 2 aromatic rings. The zero-order chi connectivity index (χ0) is 15.0. The Morgan fingerprint density at radius 2 is 2.05 bits per heavy atom. The number of anilines is 1. The number of nitrogens with zero attached hydrogens (tertiary/aromatic N) is 2. The summed E-state index contributed by atoms with van der Waals surface area (Å²) in [5.41, 5.74) is 0.698. The highest BCUT2D eigenvalue weighted by atomic mass is 35.5. The lowest BCUT2D eigenvalue weighted by Crippen LogP contribution is -2.15. The Balaban J connectivity index is 2.30. The van der Waals surface area contributed by atoms with E-state index in [1.165, 1.54) is 29.8 Å². The van der Waals surface area contributed by atoms with E-state index in [0.717, 1.165) is 5.69 Å². The molecular weight excluding hydrogens is 318 g/mol. The molecule has 108 valence electrons. The summed E-state index contributed by atoms with van der Waals surface area (Å²) in [5.74, 6) is 0. The predicted octanol–water partition coefficient (Wildman–Crippen LogP) is 3.29. The van der Waals surface area contributed by atoms with Crippen molar-refractivity contribution in [2.75, 3.05) is 4.72 Å². The van der Waals surface area contributed by atoms with Crippen molar-refractivity contribution < 1.29 is 8.42 Å². The third-order valence-corrected chi connectivity index (χ3v) is 5.21. The average Bonchev–Trinajstić information content (AvgIpc) is 2.76. The van der Waals surface area contributed by atoms with Crippen LogP contribution in [0.1, 0.15) is 26.5 Å². The summed E-state index contributed by atoms with van der Waals surface area (Å²) in [5, 5.41) is 2.28. The van der Waals surface area contributed by atoms with Crippen LogP contribution in [0.15, 0.2) is 28.7 Å². The van der Waals surface area contributed by atoms with Crippen LogP contribution in [0.4, 0.5) is 5.13 Å². The summed E-state index contributed by atoms with van der Waals surface area (Å²) in [4.78, 5) is 8.00. The fourth-order valence-electron chi connectivity index (χ4n) is 1.40. The Morgan fingerprint density at radius 3 is 2.60 bits per heavy atom. The molecule has 0 saturated carbocycles. The molecule has 2 heterocycles. The van der Waals surface area contributed by atoms with Crippen molar-refractivity contribution in [2.45, 2.75) is 31.1 Å². The smallest absolute Gasteiger partial charge is 0.263 e. The van der Waals surface area contributed by atoms with Gasteiger partial charge in [-0.05, 0) is 6.07 Å². The number of hydrogen-bond donors (Lipinski definition) is 1. The van der Waals surface area contributed by atoms with Crippen molar-refractivity contribution in [3.8, 4) is 0 Å². The van der Waals surface area contributed by atoms with Gasteiger partial charge in [0.2, 0.25) is 0 Å². The zero-order valence-electron chi connectivity index (χ0n) is 11.2. The highest BCUT2D eigenvalue weighted by Gasteiger charge is 2.22. The van der Waals surface area contributed by atoms with Crippen LogP contribution in [0.3, 0.4) is 0 Å². The van der Waals surface area contributed by atoms with Gasteiger partial charge in [0, 0.05) is 23.2 Å². The second-order valence-corrected chi connectivity index (χ2v) is 8.12. The van der Waals surface area contributed by atoms with E-state index in [0.29, 0.717) is 5.13 Å². The maximum Gasteiger partial charge on any atom is 0.266 e. The van der Waals surface area contributed by atoms with Gasteiger partial charge in [0.05, 0.1) is 10.7 Å². The predicted molar refractivity (Wildman–Crippen MR) is 80.9 cm³/mol. The number of halogens is 1. The SMILES string of the molecule is CC(C)(C)c1csc(NS(=O)(=O)c2cnccc2Cl)n1. The van der Waals surface area contributed by atoms with Gasteiger partial charge in [-0.25, -0.2) is 13.4 Å². The Hall–Kier alpha value is -1.18. The maximum absolute atomic E-state index is 12.2. The number of rotatable bonds is 3. The molecule has 0 bridgehead atoms. The van der Waals surface area contributed by atoms with E-state index in [1.807, 2.05) is 26.2 Å². The minimum absolute atomic E-state index is 0.0609. The van der Waals surface area contributed by atoms with Crippen LogP contribution in [0.25, 0.3) is 0 Å². The van der Waals surface area contributed by atoms with Gasteiger partial charge in [-0.2, -0.15) is 0 Å². The third kappa shape index (κ3) is 3.28. The molecule has 2 aromatic heterocycles. The molecule has 2 rings (SSSR count). The minimum Gasteiger partial charge on any atom is -0.263 e. The van der Waals surface area contributed by atoms with E-state index in [1.54, 1.807) is 0 Å². The molecule has 0 saturated heterocycles. The number of pyridine rings is 1. The molecule has 0 aromatic carbocycles. The second-order valence-electron chi connectivity index (χ2n) is 5.20. The molecule has 0 aliphatic heterocycles. The summed E-state index contributed by atoms with van der Waals surface area (Å²) in [6, 6.07) is 1.43. The topological polar surface area (TPSA) is 72.0 Å². The number of aromatic nitrogens is 2. The van der Waals surface area contributed by atoms with E-state index >= 15 is 0 Å². The molecule has 0 aliphatic carbocycles. The Kier molecular flexibility index (Phi) is 4.04. The van der Waals surface area contributed by atoms with E-state index in [2.05, 4.69) is 14.7 Å². The maximum atomic E-state index is 12.2. The van der Waals surface area contributed by atoms with Crippen molar-refractivity contribution in [3.63, 3.8) is 0 Å². The van der Waals surface area contributed by atoms with Gasteiger partial charge >= 0.3 is 0 Å². The van der Waals surface area contributed by atoms with E-state index in [-0.39, 0.29) is 15.3 Å². The van der Waals surface area contributed by atoms with Gasteiger partial charge in [-0.3, -0.25) is 9.71 Å². The van der Waals surface area contributed by atoms with Crippen LogP contribution in [0.5, 0.6) is 0 Å². The van der Waals surface area contributed by atoms with Crippen molar-refractivity contribution in [1.29, 1.82) is 0 Å². The van der Waals surface area contributed by atoms with Crippen molar-refractivity contribution in [3.05, 3.63) is 34.6 Å². The lowest BCUT2D eigenvalue weighted by Gasteiger charge is -2.14. The first-order chi connectivity index (χ1) is 9.20. The van der Waals surface area contributed by atoms with Gasteiger partial charge in [0.25, 0.3) is 10.0 Å². The molecule has 0 unspecified atom stereocenters. The number of nitrogens with one attached hydrogen (secondary N) is 1. The van der Waals surface area contributed by atoms with Gasteiger partial charge in [0.1, 0.15) is 4.90 Å². The largest absolute Gasteiger partial charge is 0.266 e. The fraction of sp³-hybridized carbons (Fsp3) is 0.333. The molecule has 0 radical (unpaired) electrons. The number of sulfonamides is 1. The summed E-state index contributed by atoms with van der Waals surface area (Å²) < 4.78 is 26.8. The highest BCUT2D eigenvalue weighted by molar-refractivity contribution is 7.93. The summed E-state index contributed by atoms with van der Waals surface area (Å²) in [6.07, 6.45) is 2.64. The van der Waals surface area contributed by atoms with Crippen molar-refractivity contribution in [2.24, 2.45) is 0 Å². The molecule has 0 atom stereocenters. The molecule has 20 heavy (non-hydrogen) atoms. The van der Waals surface area contributed by atoms with Crippen molar-refractivity contribution >= 4 is 38.1 Å². The quantitative estimate of drug-likeness (QED) is 0.936. The van der Waals surface area contributed by atoms with E-state index < -0.39 is 10.0 Å². The lowest BCUT2D eigenvalue weighted by molar-refractivity contribution is 0.573. The Morgan fingerprint density at radius 1 is 1.35 bits per heavy atom. The number of thiazole rings is 1. The Labute approximate surface area is 127 Å². The van der Waals surface area contributed by atoms with Gasteiger partial charge in [0.15, 0.2) is 5.13 Å². The van der Waals surface area contributed by atoms with Crippen molar-refractivity contribution in [1.82, 2.24) is 9.97 Å². The van der Waals surface area contributed by atoms with Gasteiger partial charge in [-0.15, -0.1) is 11.3 Å². The average molecular weight is 332 g/mol. The standard InChI is InChI=1S/C12H14ClN3O2S2/c1-12(2,3)10-7-19-11(15-10)16-20(17,18)9-6-14-5-4-8(9)13/h4-7H,1-3H3,(H,15,16). The highest BCUT2D eigenvalue weighted by Crippen LogP contribution is 2.28. The lowest BCUT2D eigenvalue weighted by atomic mass is 9.93. The molecule has 0 aliphatic rings. The van der Waals surface area contributed by atoms with E-state index in [9.17, 15) is 8.42 Å². The molecular formula is C12H14ClN3O2S2. The van der Waals surface area contributed by atoms with Crippen LogP contribution < -0.4 is 4.72 Å². The first-order valence-electron chi connectivity index (χ1n) is 5.78. The second kappa shape index (κ2) is 5.31. The molecule has 0 spiro atoms. The van der Waals surface area contributed by atoms with E-state index in [4.69, 9.17) is 11.6 Å². The van der Waals surface area contributed by atoms with Crippen LogP contribution >= 0.6 is 22.9 Å². The summed E-state index contributed by atoms with van der Waals surface area (Å²) in [7, 11) is -3.77. The molecule has 1 N–H and O–H groups in total. The molecule has 8 heteroatoms. The van der Waals surface area contributed by atoms with Gasteiger partial charge < -0.3 is 0 Å². The molecule has 5 nitrogen and oxygen atoms in total. The third-order valence-electron chi connectivity index (χ3n) is 2.52. The molecule has 0 amide bonds. The van der Waals surface area contributed by atoms with Gasteiger partial charge in [-0.1, -0.05) is 32.4 Å². The number of hydrogen-bond acceptors (Lipinski definition) is 5. The van der Waals surface area contributed by atoms with Crippen LogP contribution in [-0.4, -0.2) is 18.4 Å². The summed E-state index contributed by atoms with van der Waals surface area (Å²) in [6.45, 7) is 6.04.